The Balaban J connectivity index is 1.84. The number of para-hydroxylation sites is 1. The molecule has 0 spiro atoms. The van der Waals surface area contributed by atoms with Crippen LogP contribution in [0.2, 0.25) is 5.15 Å². The Hall–Kier alpha value is -2.52. The highest BCUT2D eigenvalue weighted by molar-refractivity contribution is 6.32. The van der Waals surface area contributed by atoms with Crippen LogP contribution in [0.25, 0.3) is 22.2 Å². The van der Waals surface area contributed by atoms with E-state index < -0.39 is 0 Å². The molecular formula is C18H14ClN3. The van der Waals surface area contributed by atoms with Gasteiger partial charge in [0.1, 0.15) is 0 Å². The lowest BCUT2D eigenvalue weighted by Gasteiger charge is -2.08. The van der Waals surface area contributed by atoms with E-state index in [-0.39, 0.29) is 0 Å². The molecule has 0 bridgehead atoms. The molecule has 0 atom stereocenters. The highest BCUT2D eigenvalue weighted by Gasteiger charge is 2.15. The van der Waals surface area contributed by atoms with E-state index in [1.54, 1.807) is 6.33 Å². The first-order valence-electron chi connectivity index (χ1n) is 7.14. The minimum absolute atomic E-state index is 0.528. The quantitative estimate of drug-likeness (QED) is 0.583. The zero-order valence-electron chi connectivity index (χ0n) is 11.8. The number of benzene rings is 2. The van der Waals surface area contributed by atoms with Gasteiger partial charge in [-0.15, -0.1) is 0 Å². The first kappa shape index (κ1) is 13.2. The molecule has 2 heterocycles. The van der Waals surface area contributed by atoms with Crippen LogP contribution in [0.3, 0.4) is 0 Å². The third-order valence-electron chi connectivity index (χ3n) is 3.83. The van der Waals surface area contributed by atoms with Crippen molar-refractivity contribution in [2.45, 2.75) is 6.54 Å². The van der Waals surface area contributed by atoms with E-state index >= 15 is 0 Å². The molecule has 0 aliphatic rings. The van der Waals surface area contributed by atoms with Gasteiger partial charge in [-0.2, -0.15) is 0 Å². The van der Waals surface area contributed by atoms with Crippen molar-refractivity contribution in [1.82, 2.24) is 14.5 Å². The Morgan fingerprint density at radius 1 is 1.00 bits per heavy atom. The van der Waals surface area contributed by atoms with Crippen molar-refractivity contribution in [3.63, 3.8) is 0 Å². The number of hydrogen-bond donors (Lipinski definition) is 1. The smallest absolute Gasteiger partial charge is 0.155 e. The van der Waals surface area contributed by atoms with E-state index in [1.165, 1.54) is 5.56 Å². The maximum Gasteiger partial charge on any atom is 0.155 e. The van der Waals surface area contributed by atoms with E-state index in [2.05, 4.69) is 38.8 Å². The second-order valence-corrected chi connectivity index (χ2v) is 5.60. The zero-order valence-corrected chi connectivity index (χ0v) is 12.6. The Labute approximate surface area is 133 Å². The summed E-state index contributed by atoms with van der Waals surface area (Å²) in [6, 6.07) is 18.5. The van der Waals surface area contributed by atoms with E-state index in [1.807, 2.05) is 36.5 Å². The van der Waals surface area contributed by atoms with Crippen LogP contribution in [0.5, 0.6) is 0 Å². The summed E-state index contributed by atoms with van der Waals surface area (Å²) in [7, 11) is 0. The topological polar surface area (TPSA) is 33.6 Å². The molecular weight excluding hydrogens is 294 g/mol. The largest absolute Gasteiger partial charge is 0.360 e. The average molecular weight is 308 g/mol. The van der Waals surface area contributed by atoms with Gasteiger partial charge in [-0.1, -0.05) is 60.1 Å². The summed E-state index contributed by atoms with van der Waals surface area (Å²) >= 11 is 6.36. The maximum atomic E-state index is 6.36. The fourth-order valence-electron chi connectivity index (χ4n) is 2.79. The monoisotopic (exact) mass is 307 g/mol. The van der Waals surface area contributed by atoms with Crippen molar-refractivity contribution in [2.24, 2.45) is 0 Å². The number of rotatable bonds is 3. The van der Waals surface area contributed by atoms with Crippen molar-refractivity contribution in [3.05, 3.63) is 77.8 Å². The lowest BCUT2D eigenvalue weighted by molar-refractivity contribution is 0.805. The summed E-state index contributed by atoms with van der Waals surface area (Å²) in [5.74, 6) is 0. The van der Waals surface area contributed by atoms with Crippen LogP contribution in [0, 0.1) is 0 Å². The van der Waals surface area contributed by atoms with Crippen LogP contribution >= 0.6 is 11.6 Å². The summed E-state index contributed by atoms with van der Waals surface area (Å²) in [6.45, 7) is 0.745. The van der Waals surface area contributed by atoms with Gasteiger partial charge in [0, 0.05) is 29.2 Å². The van der Waals surface area contributed by atoms with Gasteiger partial charge in [0.15, 0.2) is 5.15 Å². The number of nitrogens with zero attached hydrogens (tertiary/aromatic N) is 2. The predicted octanol–water partition coefficient (Wildman–Crippen LogP) is 4.73. The molecule has 0 aliphatic carbocycles. The first-order chi connectivity index (χ1) is 10.8. The molecule has 0 radical (unpaired) electrons. The molecule has 0 saturated heterocycles. The second-order valence-electron chi connectivity index (χ2n) is 5.25. The first-order valence-corrected chi connectivity index (χ1v) is 7.52. The van der Waals surface area contributed by atoms with Crippen LogP contribution in [-0.4, -0.2) is 14.5 Å². The van der Waals surface area contributed by atoms with Gasteiger partial charge in [0.2, 0.25) is 0 Å². The van der Waals surface area contributed by atoms with E-state index in [9.17, 15) is 0 Å². The summed E-state index contributed by atoms with van der Waals surface area (Å²) in [5, 5.41) is 1.68. The number of nitrogens with one attached hydrogen (secondary N) is 1. The Morgan fingerprint density at radius 2 is 1.77 bits per heavy atom. The van der Waals surface area contributed by atoms with Gasteiger partial charge >= 0.3 is 0 Å². The van der Waals surface area contributed by atoms with E-state index in [4.69, 9.17) is 11.6 Å². The fraction of sp³-hybridized carbons (Fsp3) is 0.0556. The third kappa shape index (κ3) is 2.20. The zero-order chi connectivity index (χ0) is 14.9. The molecule has 2 aromatic heterocycles. The Morgan fingerprint density at radius 3 is 2.64 bits per heavy atom. The van der Waals surface area contributed by atoms with Gasteiger partial charge in [-0.25, -0.2) is 4.98 Å². The fourth-order valence-corrected chi connectivity index (χ4v) is 3.05. The van der Waals surface area contributed by atoms with Crippen LogP contribution < -0.4 is 0 Å². The molecule has 0 saturated carbocycles. The van der Waals surface area contributed by atoms with Gasteiger partial charge in [-0.3, -0.25) is 0 Å². The van der Waals surface area contributed by atoms with Crippen LogP contribution in [0.15, 0.2) is 67.1 Å². The van der Waals surface area contributed by atoms with Crippen LogP contribution in [0.4, 0.5) is 0 Å². The summed E-state index contributed by atoms with van der Waals surface area (Å²) in [6.07, 6.45) is 3.79. The summed E-state index contributed by atoms with van der Waals surface area (Å²) in [5.41, 5.74) is 4.34. The molecule has 0 unspecified atom stereocenters. The highest BCUT2D eigenvalue weighted by atomic mass is 35.5. The van der Waals surface area contributed by atoms with E-state index in [0.29, 0.717) is 5.15 Å². The standard InChI is InChI=1S/C18H14ClN3/c19-18-17(15-10-20-16-9-5-4-8-14(15)16)22(12-21-18)11-13-6-2-1-3-7-13/h1-10,12,20H,11H2. The van der Waals surface area contributed by atoms with Crippen molar-refractivity contribution in [2.75, 3.05) is 0 Å². The SMILES string of the molecule is Clc1ncn(Cc2ccccc2)c1-c1c[nH]c2ccccc12. The predicted molar refractivity (Wildman–Crippen MR) is 90.1 cm³/mol. The lowest BCUT2D eigenvalue weighted by Crippen LogP contribution is -2.00. The summed E-state index contributed by atoms with van der Waals surface area (Å²) in [4.78, 5) is 7.59. The number of fused-ring (bicyclic) bond motifs is 1. The number of halogens is 1. The van der Waals surface area contributed by atoms with Crippen LogP contribution in [0.1, 0.15) is 5.56 Å². The Kier molecular flexibility index (Phi) is 3.20. The van der Waals surface area contributed by atoms with Crippen molar-refractivity contribution >= 4 is 22.5 Å². The summed E-state index contributed by atoms with van der Waals surface area (Å²) < 4.78 is 2.09. The normalized spacial score (nSPS) is 11.1. The molecule has 3 nitrogen and oxygen atoms in total. The second kappa shape index (κ2) is 5.35. The van der Waals surface area contributed by atoms with Crippen molar-refractivity contribution in [1.29, 1.82) is 0 Å². The van der Waals surface area contributed by atoms with Gasteiger partial charge in [-0.05, 0) is 11.6 Å². The highest BCUT2D eigenvalue weighted by Crippen LogP contribution is 2.33. The number of aromatic amines is 1. The molecule has 0 aliphatic heterocycles. The molecule has 22 heavy (non-hydrogen) atoms. The molecule has 1 N–H and O–H groups in total. The minimum Gasteiger partial charge on any atom is -0.360 e. The molecule has 0 amide bonds. The number of hydrogen-bond acceptors (Lipinski definition) is 1. The number of imidazole rings is 1. The molecule has 4 rings (SSSR count). The average Bonchev–Trinajstić information content (AvgIpc) is 3.12. The van der Waals surface area contributed by atoms with Gasteiger partial charge < -0.3 is 9.55 Å². The van der Waals surface area contributed by atoms with E-state index in [0.717, 1.165) is 28.7 Å². The lowest BCUT2D eigenvalue weighted by atomic mass is 10.1. The van der Waals surface area contributed by atoms with Crippen LogP contribution in [-0.2, 0) is 6.54 Å². The van der Waals surface area contributed by atoms with Gasteiger partial charge in [0.05, 0.1) is 12.0 Å². The van der Waals surface area contributed by atoms with Crippen molar-refractivity contribution in [3.8, 4) is 11.3 Å². The van der Waals surface area contributed by atoms with Crippen molar-refractivity contribution < 1.29 is 0 Å². The molecule has 4 heteroatoms. The third-order valence-corrected chi connectivity index (χ3v) is 4.11. The van der Waals surface area contributed by atoms with Gasteiger partial charge in [0.25, 0.3) is 0 Å². The molecule has 108 valence electrons. The number of aromatic nitrogens is 3. The number of H-pyrrole nitrogens is 1. The Bertz CT molecular complexity index is 922. The maximum absolute atomic E-state index is 6.36. The molecule has 0 fully saturated rings. The molecule has 2 aromatic carbocycles. The minimum atomic E-state index is 0.528. The molecule has 4 aromatic rings.